The minimum absolute atomic E-state index is 0.148. The zero-order valence-electron chi connectivity index (χ0n) is 7.86. The number of aliphatic hydroxyl groups is 1. The molecule has 0 heterocycles. The van der Waals surface area contributed by atoms with Gasteiger partial charge in [-0.05, 0) is 23.3 Å². The average Bonchev–Trinajstić information content (AvgIpc) is 2.27. The molecule has 0 fully saturated rings. The molecule has 2 rings (SSSR count). The molecule has 0 unspecified atom stereocenters. The zero-order valence-corrected chi connectivity index (χ0v) is 7.86. The van der Waals surface area contributed by atoms with Crippen LogP contribution in [0.3, 0.4) is 0 Å². The van der Waals surface area contributed by atoms with Gasteiger partial charge in [0.05, 0.1) is 0 Å². The molecule has 14 heavy (non-hydrogen) atoms. The summed E-state index contributed by atoms with van der Waals surface area (Å²) < 4.78 is 0. The van der Waals surface area contributed by atoms with Gasteiger partial charge in [0.1, 0.15) is 6.61 Å². The van der Waals surface area contributed by atoms with Crippen molar-refractivity contribution < 1.29 is 9.90 Å². The number of carbonyl (C=O) groups is 1. The molecule has 0 spiro atoms. The lowest BCUT2D eigenvalue weighted by atomic mass is 9.97. The third kappa shape index (κ3) is 1.49. The Labute approximate surface area is 82.2 Å². The number of aliphatic hydroxyl groups excluding tert-OH is 1. The highest BCUT2D eigenvalue weighted by molar-refractivity contribution is 6.15. The summed E-state index contributed by atoms with van der Waals surface area (Å²) in [5.41, 5.74) is 0.769. The molecule has 0 amide bonds. The SMILES string of the molecule is O=C(CO)C1=c2ccccc2=CCC1. The van der Waals surface area contributed by atoms with Crippen molar-refractivity contribution >= 4 is 17.4 Å². The van der Waals surface area contributed by atoms with Crippen molar-refractivity contribution in [2.75, 3.05) is 6.61 Å². The lowest BCUT2D eigenvalue weighted by Crippen LogP contribution is -2.32. The smallest absolute Gasteiger partial charge is 0.184 e. The van der Waals surface area contributed by atoms with Gasteiger partial charge in [-0.15, -0.1) is 0 Å². The molecule has 0 aromatic heterocycles. The predicted octanol–water partition coefficient (Wildman–Crippen LogP) is -0.0270. The van der Waals surface area contributed by atoms with Crippen LogP contribution in [0.2, 0.25) is 0 Å². The highest BCUT2D eigenvalue weighted by Gasteiger charge is 2.11. The molecular weight excluding hydrogens is 176 g/mol. The summed E-state index contributed by atoms with van der Waals surface area (Å²) in [6.07, 6.45) is 3.76. The average molecular weight is 188 g/mol. The Morgan fingerprint density at radius 3 is 2.93 bits per heavy atom. The first-order valence-corrected chi connectivity index (χ1v) is 4.75. The van der Waals surface area contributed by atoms with Crippen molar-refractivity contribution in [3.05, 3.63) is 34.7 Å². The third-order valence-corrected chi connectivity index (χ3v) is 2.52. The second-order valence-electron chi connectivity index (χ2n) is 3.39. The lowest BCUT2D eigenvalue weighted by molar-refractivity contribution is -0.116. The van der Waals surface area contributed by atoms with Crippen molar-refractivity contribution in [3.63, 3.8) is 0 Å². The molecule has 1 aliphatic carbocycles. The van der Waals surface area contributed by atoms with Crippen molar-refractivity contribution in [1.29, 1.82) is 0 Å². The molecule has 1 aromatic rings. The van der Waals surface area contributed by atoms with Gasteiger partial charge in [0.2, 0.25) is 0 Å². The topological polar surface area (TPSA) is 37.3 Å². The van der Waals surface area contributed by atoms with Gasteiger partial charge in [0, 0.05) is 5.57 Å². The number of rotatable bonds is 2. The summed E-state index contributed by atoms with van der Waals surface area (Å²) in [5, 5.41) is 10.9. The van der Waals surface area contributed by atoms with Gasteiger partial charge in [-0.1, -0.05) is 30.3 Å². The molecule has 1 aromatic carbocycles. The van der Waals surface area contributed by atoms with Crippen LogP contribution in [0, 0.1) is 0 Å². The van der Waals surface area contributed by atoms with E-state index < -0.39 is 0 Å². The number of hydrogen-bond acceptors (Lipinski definition) is 2. The van der Waals surface area contributed by atoms with E-state index in [1.807, 2.05) is 24.3 Å². The highest BCUT2D eigenvalue weighted by atomic mass is 16.3. The van der Waals surface area contributed by atoms with Gasteiger partial charge in [-0.25, -0.2) is 0 Å². The van der Waals surface area contributed by atoms with E-state index in [4.69, 9.17) is 5.11 Å². The molecule has 2 heteroatoms. The third-order valence-electron chi connectivity index (χ3n) is 2.52. The fourth-order valence-electron chi connectivity index (χ4n) is 1.84. The minimum atomic E-state index is -0.385. The van der Waals surface area contributed by atoms with Crippen LogP contribution in [0.1, 0.15) is 12.8 Å². The number of carbonyl (C=O) groups excluding carboxylic acids is 1. The van der Waals surface area contributed by atoms with Gasteiger partial charge < -0.3 is 5.11 Å². The van der Waals surface area contributed by atoms with Crippen LogP contribution in [0.15, 0.2) is 24.3 Å². The second kappa shape index (κ2) is 3.76. The molecule has 0 radical (unpaired) electrons. The largest absolute Gasteiger partial charge is 0.388 e. The molecule has 0 saturated carbocycles. The van der Waals surface area contributed by atoms with Crippen LogP contribution in [-0.2, 0) is 4.79 Å². The predicted molar refractivity (Wildman–Crippen MR) is 54.9 cm³/mol. The Balaban J connectivity index is 2.71. The fraction of sp³-hybridized carbons (Fsp3) is 0.250. The van der Waals surface area contributed by atoms with Crippen LogP contribution in [-0.4, -0.2) is 17.5 Å². The van der Waals surface area contributed by atoms with Crippen LogP contribution in [0.25, 0.3) is 11.6 Å². The van der Waals surface area contributed by atoms with Crippen LogP contribution < -0.4 is 10.4 Å². The quantitative estimate of drug-likeness (QED) is 0.708. The molecule has 2 nitrogen and oxygen atoms in total. The first kappa shape index (κ1) is 9.16. The number of ketones is 1. The number of hydrogen-bond donors (Lipinski definition) is 1. The summed E-state index contributed by atoms with van der Waals surface area (Å²) in [5.74, 6) is -0.148. The molecular formula is C12H12O2. The maximum atomic E-state index is 11.4. The van der Waals surface area contributed by atoms with E-state index in [1.54, 1.807) is 0 Å². The van der Waals surface area contributed by atoms with Crippen molar-refractivity contribution in [2.24, 2.45) is 0 Å². The first-order valence-electron chi connectivity index (χ1n) is 4.75. The summed E-state index contributed by atoms with van der Waals surface area (Å²) in [4.78, 5) is 11.4. The van der Waals surface area contributed by atoms with Crippen molar-refractivity contribution in [2.45, 2.75) is 12.8 Å². The second-order valence-corrected chi connectivity index (χ2v) is 3.39. The number of fused-ring (bicyclic) bond motifs is 1. The Morgan fingerprint density at radius 2 is 2.14 bits per heavy atom. The van der Waals surface area contributed by atoms with Crippen LogP contribution in [0.5, 0.6) is 0 Å². The van der Waals surface area contributed by atoms with Crippen molar-refractivity contribution in [3.8, 4) is 0 Å². The summed E-state index contributed by atoms with van der Waals surface area (Å²) in [6.45, 7) is -0.385. The van der Waals surface area contributed by atoms with Crippen LogP contribution >= 0.6 is 0 Å². The van der Waals surface area contributed by atoms with Gasteiger partial charge in [0.25, 0.3) is 0 Å². The fourth-order valence-corrected chi connectivity index (χ4v) is 1.84. The molecule has 72 valence electrons. The zero-order chi connectivity index (χ0) is 9.97. The van der Waals surface area contributed by atoms with Gasteiger partial charge >= 0.3 is 0 Å². The van der Waals surface area contributed by atoms with Gasteiger partial charge in [-0.3, -0.25) is 4.79 Å². The minimum Gasteiger partial charge on any atom is -0.388 e. The number of benzene rings is 1. The van der Waals surface area contributed by atoms with Gasteiger partial charge in [0.15, 0.2) is 5.78 Å². The maximum absolute atomic E-state index is 11.4. The Morgan fingerprint density at radius 1 is 1.36 bits per heavy atom. The summed E-state index contributed by atoms with van der Waals surface area (Å²) in [6, 6.07) is 7.82. The van der Waals surface area contributed by atoms with E-state index in [0.717, 1.165) is 28.9 Å². The molecule has 1 N–H and O–H groups in total. The molecule has 0 aliphatic heterocycles. The normalized spacial score (nSPS) is 14.5. The first-order chi connectivity index (χ1) is 6.83. The Kier molecular flexibility index (Phi) is 2.46. The summed E-state index contributed by atoms with van der Waals surface area (Å²) in [7, 11) is 0. The van der Waals surface area contributed by atoms with E-state index in [-0.39, 0.29) is 12.4 Å². The summed E-state index contributed by atoms with van der Waals surface area (Å²) >= 11 is 0. The number of Topliss-reactive ketones (excluding diaryl/α,β-unsaturated/α-hetero) is 1. The molecule has 0 atom stereocenters. The van der Waals surface area contributed by atoms with E-state index in [2.05, 4.69) is 6.08 Å². The molecule has 1 aliphatic rings. The van der Waals surface area contributed by atoms with E-state index in [0.29, 0.717) is 0 Å². The lowest BCUT2D eigenvalue weighted by Gasteiger charge is -2.08. The molecule has 0 saturated heterocycles. The van der Waals surface area contributed by atoms with E-state index in [9.17, 15) is 4.79 Å². The molecule has 0 bridgehead atoms. The Bertz CT molecular complexity index is 471. The standard InChI is InChI=1S/C12H12O2/c13-8-12(14)11-7-3-5-9-4-1-2-6-10(9)11/h1-2,4-6,13H,3,7-8H2. The van der Waals surface area contributed by atoms with Crippen LogP contribution in [0.4, 0.5) is 0 Å². The van der Waals surface area contributed by atoms with Gasteiger partial charge in [-0.2, -0.15) is 0 Å². The highest BCUT2D eigenvalue weighted by Crippen LogP contribution is 2.08. The van der Waals surface area contributed by atoms with E-state index in [1.165, 1.54) is 0 Å². The monoisotopic (exact) mass is 188 g/mol. The Hall–Kier alpha value is -1.41. The van der Waals surface area contributed by atoms with Crippen molar-refractivity contribution in [1.82, 2.24) is 0 Å². The maximum Gasteiger partial charge on any atom is 0.184 e. The van der Waals surface area contributed by atoms with E-state index >= 15 is 0 Å².